The van der Waals surface area contributed by atoms with Crippen LogP contribution >= 0.6 is 0 Å². The molecule has 3 aromatic rings. The molecule has 0 aliphatic rings. The van der Waals surface area contributed by atoms with Crippen molar-refractivity contribution < 1.29 is 4.79 Å². The molecule has 2 aromatic carbocycles. The van der Waals surface area contributed by atoms with Gasteiger partial charge in [0.1, 0.15) is 0 Å². The topological polar surface area (TPSA) is 67.2 Å². The van der Waals surface area contributed by atoms with E-state index < -0.39 is 0 Å². The van der Waals surface area contributed by atoms with Crippen LogP contribution < -0.4 is 10.9 Å². The average molecular weight is 393 g/mol. The highest BCUT2D eigenvalue weighted by molar-refractivity contribution is 6.04. The van der Waals surface area contributed by atoms with Crippen LogP contribution in [-0.4, -0.2) is 40.7 Å². The van der Waals surface area contributed by atoms with Crippen LogP contribution in [0.25, 0.3) is 10.8 Å². The number of carbonyl (C=O) groups excluding carboxylic acids is 1. The lowest BCUT2D eigenvalue weighted by atomic mass is 10.1. The van der Waals surface area contributed by atoms with Crippen molar-refractivity contribution in [2.45, 2.75) is 32.9 Å². The maximum absolute atomic E-state index is 12.8. The normalized spacial score (nSPS) is 11.1. The summed E-state index contributed by atoms with van der Waals surface area (Å²) in [4.78, 5) is 27.5. The highest BCUT2D eigenvalue weighted by Gasteiger charge is 2.16. The first kappa shape index (κ1) is 20.7. The van der Waals surface area contributed by atoms with Crippen LogP contribution in [0.3, 0.4) is 0 Å². The molecule has 0 aliphatic carbocycles. The number of rotatable bonds is 9. The van der Waals surface area contributed by atoms with E-state index in [-0.39, 0.29) is 11.5 Å². The van der Waals surface area contributed by atoms with Crippen molar-refractivity contribution >= 4 is 16.7 Å². The van der Waals surface area contributed by atoms with E-state index in [0.29, 0.717) is 29.6 Å². The first-order valence-electron chi connectivity index (χ1n) is 10.1. The summed E-state index contributed by atoms with van der Waals surface area (Å²) in [5.74, 6) is -0.239. The zero-order chi connectivity index (χ0) is 20.6. The maximum atomic E-state index is 12.8. The second kappa shape index (κ2) is 9.98. The number of carbonyl (C=O) groups is 1. The summed E-state index contributed by atoms with van der Waals surface area (Å²) < 4.78 is 1.39. The van der Waals surface area contributed by atoms with Gasteiger partial charge in [0, 0.05) is 25.0 Å². The van der Waals surface area contributed by atoms with E-state index in [2.05, 4.69) is 34.5 Å². The molecule has 1 N–H and O–H groups in total. The zero-order valence-electron chi connectivity index (χ0n) is 17.1. The van der Waals surface area contributed by atoms with Crippen molar-refractivity contribution in [2.75, 3.05) is 20.1 Å². The summed E-state index contributed by atoms with van der Waals surface area (Å²) in [7, 11) is 2.07. The van der Waals surface area contributed by atoms with Crippen LogP contribution in [0.15, 0.2) is 59.4 Å². The summed E-state index contributed by atoms with van der Waals surface area (Å²) in [6, 6.07) is 17.5. The van der Waals surface area contributed by atoms with E-state index in [1.165, 1.54) is 10.2 Å². The van der Waals surface area contributed by atoms with Gasteiger partial charge in [-0.25, -0.2) is 4.68 Å². The Morgan fingerprint density at radius 1 is 1.07 bits per heavy atom. The monoisotopic (exact) mass is 392 g/mol. The number of aryl methyl sites for hydroxylation is 1. The molecular weight excluding hydrogens is 364 g/mol. The Bertz CT molecular complexity index is 1010. The van der Waals surface area contributed by atoms with E-state index in [9.17, 15) is 9.59 Å². The molecule has 0 fully saturated rings. The average Bonchev–Trinajstić information content (AvgIpc) is 2.74. The molecule has 0 aliphatic heterocycles. The third-order valence-electron chi connectivity index (χ3n) is 4.82. The summed E-state index contributed by atoms with van der Waals surface area (Å²) in [6.45, 7) is 4.78. The molecular formula is C23H28N4O2. The fourth-order valence-electron chi connectivity index (χ4n) is 3.37. The highest BCUT2D eigenvalue weighted by Crippen LogP contribution is 2.13. The minimum atomic E-state index is -0.239. The van der Waals surface area contributed by atoms with Gasteiger partial charge in [0.15, 0.2) is 5.69 Å². The SMILES string of the molecule is CCCn1nc(C(=O)NCCCN(C)Cc2ccccc2)c2ccccc2c1=O. The molecule has 1 aromatic heterocycles. The van der Waals surface area contributed by atoms with Crippen LogP contribution in [0, 0.1) is 0 Å². The number of nitrogens with one attached hydrogen (secondary N) is 1. The van der Waals surface area contributed by atoms with Gasteiger partial charge in [-0.2, -0.15) is 5.10 Å². The van der Waals surface area contributed by atoms with Crippen molar-refractivity contribution in [1.82, 2.24) is 20.0 Å². The minimum Gasteiger partial charge on any atom is -0.351 e. The lowest BCUT2D eigenvalue weighted by molar-refractivity contribution is 0.0946. The molecule has 0 atom stereocenters. The Morgan fingerprint density at radius 2 is 1.76 bits per heavy atom. The molecule has 6 nitrogen and oxygen atoms in total. The fraction of sp³-hybridized carbons (Fsp3) is 0.348. The van der Waals surface area contributed by atoms with Gasteiger partial charge in [0.05, 0.1) is 5.39 Å². The van der Waals surface area contributed by atoms with Crippen LogP contribution in [0.4, 0.5) is 0 Å². The molecule has 0 radical (unpaired) electrons. The Morgan fingerprint density at radius 3 is 2.48 bits per heavy atom. The Balaban J connectivity index is 1.61. The number of nitrogens with zero attached hydrogens (tertiary/aromatic N) is 3. The second-order valence-corrected chi connectivity index (χ2v) is 7.26. The number of aromatic nitrogens is 2. The number of fused-ring (bicyclic) bond motifs is 1. The van der Waals surface area contributed by atoms with Crippen LogP contribution in [-0.2, 0) is 13.1 Å². The van der Waals surface area contributed by atoms with Gasteiger partial charge >= 0.3 is 0 Å². The summed E-state index contributed by atoms with van der Waals surface area (Å²) in [5.41, 5.74) is 1.43. The van der Waals surface area contributed by atoms with Gasteiger partial charge in [-0.15, -0.1) is 0 Å². The smallest absolute Gasteiger partial charge is 0.274 e. The van der Waals surface area contributed by atoms with Crippen molar-refractivity contribution in [2.24, 2.45) is 0 Å². The summed E-state index contributed by atoms with van der Waals surface area (Å²) >= 11 is 0. The van der Waals surface area contributed by atoms with Gasteiger partial charge in [-0.3, -0.25) is 9.59 Å². The quantitative estimate of drug-likeness (QED) is 0.569. The van der Waals surface area contributed by atoms with Crippen molar-refractivity contribution in [1.29, 1.82) is 0 Å². The lowest BCUT2D eigenvalue weighted by Gasteiger charge is -2.17. The molecule has 1 amide bonds. The van der Waals surface area contributed by atoms with Crippen molar-refractivity contribution in [3.05, 3.63) is 76.2 Å². The molecule has 0 saturated heterocycles. The zero-order valence-corrected chi connectivity index (χ0v) is 17.1. The van der Waals surface area contributed by atoms with Crippen molar-refractivity contribution in [3.8, 4) is 0 Å². The van der Waals surface area contributed by atoms with Gasteiger partial charge in [-0.05, 0) is 38.1 Å². The van der Waals surface area contributed by atoms with Crippen LogP contribution in [0.5, 0.6) is 0 Å². The summed E-state index contributed by atoms with van der Waals surface area (Å²) in [6.07, 6.45) is 1.61. The Labute approximate surface area is 171 Å². The second-order valence-electron chi connectivity index (χ2n) is 7.26. The molecule has 29 heavy (non-hydrogen) atoms. The predicted octanol–water partition coefficient (Wildman–Crippen LogP) is 3.06. The molecule has 6 heteroatoms. The minimum absolute atomic E-state index is 0.151. The maximum Gasteiger partial charge on any atom is 0.274 e. The lowest BCUT2D eigenvalue weighted by Crippen LogP contribution is -2.32. The van der Waals surface area contributed by atoms with Gasteiger partial charge in [0.25, 0.3) is 11.5 Å². The largest absolute Gasteiger partial charge is 0.351 e. The molecule has 0 spiro atoms. The van der Waals surface area contributed by atoms with Crippen molar-refractivity contribution in [3.63, 3.8) is 0 Å². The molecule has 0 bridgehead atoms. The van der Waals surface area contributed by atoms with Crippen LogP contribution in [0.2, 0.25) is 0 Å². The number of amides is 1. The third kappa shape index (κ3) is 5.29. The van der Waals surface area contributed by atoms with E-state index in [1.54, 1.807) is 12.1 Å². The summed E-state index contributed by atoms with van der Waals surface area (Å²) in [5, 5.41) is 8.43. The van der Waals surface area contributed by atoms with E-state index >= 15 is 0 Å². The fourth-order valence-corrected chi connectivity index (χ4v) is 3.37. The van der Waals surface area contributed by atoms with Crippen LogP contribution in [0.1, 0.15) is 35.8 Å². The van der Waals surface area contributed by atoms with E-state index in [4.69, 9.17) is 0 Å². The molecule has 3 rings (SSSR count). The number of hydrogen-bond acceptors (Lipinski definition) is 4. The number of benzene rings is 2. The van der Waals surface area contributed by atoms with E-state index in [0.717, 1.165) is 25.9 Å². The third-order valence-corrected chi connectivity index (χ3v) is 4.82. The number of hydrogen-bond donors (Lipinski definition) is 1. The first-order chi connectivity index (χ1) is 14.1. The molecule has 1 heterocycles. The molecule has 0 unspecified atom stereocenters. The van der Waals surface area contributed by atoms with E-state index in [1.807, 2.05) is 37.3 Å². The Hall–Kier alpha value is -2.99. The molecule has 0 saturated carbocycles. The Kier molecular flexibility index (Phi) is 7.14. The first-order valence-corrected chi connectivity index (χ1v) is 10.1. The standard InChI is InChI=1S/C23H28N4O2/c1-3-15-27-23(29)20-13-8-7-12-19(20)21(25-27)22(28)24-14-9-16-26(2)17-18-10-5-4-6-11-18/h4-8,10-13H,3,9,14-17H2,1-2H3,(H,24,28). The highest BCUT2D eigenvalue weighted by atomic mass is 16.2. The predicted molar refractivity (Wildman–Crippen MR) is 116 cm³/mol. The van der Waals surface area contributed by atoms with Gasteiger partial charge in [0.2, 0.25) is 0 Å². The van der Waals surface area contributed by atoms with Gasteiger partial charge < -0.3 is 10.2 Å². The molecule has 152 valence electrons. The van der Waals surface area contributed by atoms with Gasteiger partial charge in [-0.1, -0.05) is 55.5 Å².